The number of Topliss-reactive ketones (excluding diaryl/α,β-unsaturated/α-hetero) is 1. The summed E-state index contributed by atoms with van der Waals surface area (Å²) in [7, 11) is 0. The summed E-state index contributed by atoms with van der Waals surface area (Å²) in [4.78, 5) is 35.8. The highest BCUT2D eigenvalue weighted by molar-refractivity contribution is 6.00. The molecule has 0 unspecified atom stereocenters. The van der Waals surface area contributed by atoms with Crippen molar-refractivity contribution in [3.63, 3.8) is 0 Å². The van der Waals surface area contributed by atoms with Crippen molar-refractivity contribution >= 4 is 17.6 Å². The Morgan fingerprint density at radius 2 is 1.70 bits per heavy atom. The van der Waals surface area contributed by atoms with Crippen LogP contribution in [0, 0.1) is 11.7 Å². The lowest BCUT2D eigenvalue weighted by molar-refractivity contribution is -0.120. The maximum atomic E-state index is 14.5. The highest BCUT2D eigenvalue weighted by Gasteiger charge is 2.30. The number of hydrogen-bond acceptors (Lipinski definition) is 3. The maximum absolute atomic E-state index is 14.5. The van der Waals surface area contributed by atoms with Crippen LogP contribution in [0.25, 0.3) is 11.1 Å². The average Bonchev–Trinajstić information content (AvgIpc) is 3.45. The molecule has 1 atom stereocenters. The van der Waals surface area contributed by atoms with Gasteiger partial charge in [0.2, 0.25) is 5.91 Å². The average molecular weight is 366 g/mol. The van der Waals surface area contributed by atoms with Crippen LogP contribution >= 0.6 is 0 Å². The van der Waals surface area contributed by atoms with Crippen molar-refractivity contribution < 1.29 is 18.8 Å². The van der Waals surface area contributed by atoms with E-state index in [0.717, 1.165) is 12.8 Å². The Labute approximate surface area is 156 Å². The minimum Gasteiger partial charge on any atom is -0.354 e. The molecular formula is C21H19FN2O3. The second-order valence-electron chi connectivity index (χ2n) is 7.02. The highest BCUT2D eigenvalue weighted by atomic mass is 19.1. The van der Waals surface area contributed by atoms with E-state index in [4.69, 9.17) is 0 Å². The molecule has 1 saturated carbocycles. The molecule has 0 spiro atoms. The van der Waals surface area contributed by atoms with Gasteiger partial charge in [0.15, 0.2) is 5.78 Å². The first kappa shape index (κ1) is 17.4. The number of carbonyl (C=O) groups is 3. The Hall–Kier alpha value is -3.02. The summed E-state index contributed by atoms with van der Waals surface area (Å²) in [6, 6.07) is 10.5. The van der Waals surface area contributed by atoms with E-state index in [1.54, 1.807) is 36.4 Å². The topological polar surface area (TPSA) is 75.3 Å². The van der Waals surface area contributed by atoms with Crippen LogP contribution in [0.1, 0.15) is 40.0 Å². The van der Waals surface area contributed by atoms with Crippen molar-refractivity contribution in [1.29, 1.82) is 0 Å². The van der Waals surface area contributed by atoms with Crippen molar-refractivity contribution in [2.75, 3.05) is 6.54 Å². The first-order valence-corrected chi connectivity index (χ1v) is 9.06. The second kappa shape index (κ2) is 6.95. The van der Waals surface area contributed by atoms with Gasteiger partial charge in [-0.25, -0.2) is 4.39 Å². The third-order valence-electron chi connectivity index (χ3n) is 5.01. The minimum atomic E-state index is -0.508. The van der Waals surface area contributed by atoms with E-state index in [1.165, 1.54) is 6.07 Å². The lowest BCUT2D eigenvalue weighted by Gasteiger charge is -2.11. The molecule has 4 rings (SSSR count). The van der Waals surface area contributed by atoms with E-state index in [0.29, 0.717) is 35.2 Å². The standard InChI is InChI=1S/C21H19FN2O3/c22-17-11-15(19(25)13-3-4-13)7-8-16(17)12-1-5-14(6-2-12)20(26)24-18-9-10-23-21(18)27/h1-2,5-8,11,13,18H,3-4,9-10H2,(H,23,27)(H,24,26)/t18-/m0/s1. The number of halogens is 1. The monoisotopic (exact) mass is 366 g/mol. The first-order valence-electron chi connectivity index (χ1n) is 9.06. The van der Waals surface area contributed by atoms with Crippen LogP contribution in [0.4, 0.5) is 4.39 Å². The predicted octanol–water partition coefficient (Wildman–Crippen LogP) is 2.70. The molecule has 1 heterocycles. The summed E-state index contributed by atoms with van der Waals surface area (Å²) in [6.07, 6.45) is 2.34. The molecule has 2 fully saturated rings. The van der Waals surface area contributed by atoms with Crippen LogP contribution in [0.15, 0.2) is 42.5 Å². The van der Waals surface area contributed by atoms with Crippen LogP contribution in [0.5, 0.6) is 0 Å². The fourth-order valence-electron chi connectivity index (χ4n) is 3.26. The molecule has 0 aromatic heterocycles. The van der Waals surface area contributed by atoms with Gasteiger partial charge < -0.3 is 10.6 Å². The molecule has 2 aromatic carbocycles. The molecule has 2 N–H and O–H groups in total. The van der Waals surface area contributed by atoms with Gasteiger partial charge >= 0.3 is 0 Å². The molecule has 1 aliphatic carbocycles. The molecular weight excluding hydrogens is 347 g/mol. The molecule has 1 aliphatic heterocycles. The number of carbonyl (C=O) groups excluding carboxylic acids is 3. The minimum absolute atomic E-state index is 0.00317. The van der Waals surface area contributed by atoms with Gasteiger partial charge in [0.25, 0.3) is 5.91 Å². The van der Waals surface area contributed by atoms with Gasteiger partial charge in [0.05, 0.1) is 0 Å². The molecule has 27 heavy (non-hydrogen) atoms. The zero-order valence-corrected chi connectivity index (χ0v) is 14.6. The first-order chi connectivity index (χ1) is 13.0. The number of amides is 2. The molecule has 2 aliphatic rings. The lowest BCUT2D eigenvalue weighted by Crippen LogP contribution is -2.40. The van der Waals surface area contributed by atoms with Crippen LogP contribution in [-0.4, -0.2) is 30.2 Å². The van der Waals surface area contributed by atoms with E-state index in [9.17, 15) is 18.8 Å². The van der Waals surface area contributed by atoms with E-state index in [1.807, 2.05) is 0 Å². The normalized spacial score (nSPS) is 18.9. The number of ketones is 1. The van der Waals surface area contributed by atoms with Crippen molar-refractivity contribution in [2.45, 2.75) is 25.3 Å². The quantitative estimate of drug-likeness (QED) is 0.799. The largest absolute Gasteiger partial charge is 0.354 e. The molecule has 1 saturated heterocycles. The van der Waals surface area contributed by atoms with Crippen LogP contribution < -0.4 is 10.6 Å². The van der Waals surface area contributed by atoms with Crippen molar-refractivity contribution in [1.82, 2.24) is 10.6 Å². The summed E-state index contributed by atoms with van der Waals surface area (Å²) in [5.41, 5.74) is 1.81. The number of rotatable bonds is 5. The third kappa shape index (κ3) is 3.60. The lowest BCUT2D eigenvalue weighted by atomic mass is 9.99. The fraction of sp³-hybridized carbons (Fsp3) is 0.286. The molecule has 0 bridgehead atoms. The molecule has 138 valence electrons. The summed E-state index contributed by atoms with van der Waals surface area (Å²) >= 11 is 0. The van der Waals surface area contributed by atoms with Crippen LogP contribution in [0.3, 0.4) is 0 Å². The van der Waals surface area contributed by atoms with Crippen molar-refractivity contribution in [2.24, 2.45) is 5.92 Å². The molecule has 2 amide bonds. The summed E-state index contributed by atoms with van der Waals surface area (Å²) in [6.45, 7) is 0.557. The van der Waals surface area contributed by atoms with Gasteiger partial charge in [-0.05, 0) is 43.0 Å². The van der Waals surface area contributed by atoms with Gasteiger partial charge in [-0.3, -0.25) is 14.4 Å². The molecule has 0 radical (unpaired) electrons. The van der Waals surface area contributed by atoms with Gasteiger partial charge in [-0.1, -0.05) is 24.3 Å². The predicted molar refractivity (Wildman–Crippen MR) is 97.8 cm³/mol. The summed E-state index contributed by atoms with van der Waals surface area (Å²) < 4.78 is 14.5. The summed E-state index contributed by atoms with van der Waals surface area (Å²) in [5.74, 6) is -0.919. The molecule has 2 aromatic rings. The van der Waals surface area contributed by atoms with Crippen molar-refractivity contribution in [3.8, 4) is 11.1 Å². The van der Waals surface area contributed by atoms with Crippen LogP contribution in [-0.2, 0) is 4.79 Å². The Kier molecular flexibility index (Phi) is 4.48. The van der Waals surface area contributed by atoms with E-state index < -0.39 is 11.9 Å². The number of hydrogen-bond donors (Lipinski definition) is 2. The van der Waals surface area contributed by atoms with Crippen molar-refractivity contribution in [3.05, 3.63) is 59.4 Å². The zero-order chi connectivity index (χ0) is 19.0. The van der Waals surface area contributed by atoms with Gasteiger partial charge in [-0.15, -0.1) is 0 Å². The smallest absolute Gasteiger partial charge is 0.251 e. The van der Waals surface area contributed by atoms with Gasteiger partial charge in [-0.2, -0.15) is 0 Å². The Bertz CT molecular complexity index is 920. The van der Waals surface area contributed by atoms with Gasteiger partial charge in [0.1, 0.15) is 11.9 Å². The second-order valence-corrected chi connectivity index (χ2v) is 7.02. The Morgan fingerprint density at radius 1 is 1.00 bits per heavy atom. The Morgan fingerprint density at radius 3 is 2.30 bits per heavy atom. The summed E-state index contributed by atoms with van der Waals surface area (Å²) in [5, 5.41) is 5.36. The molecule has 6 heteroatoms. The fourth-order valence-corrected chi connectivity index (χ4v) is 3.26. The molecule has 5 nitrogen and oxygen atoms in total. The van der Waals surface area contributed by atoms with E-state index >= 15 is 0 Å². The maximum Gasteiger partial charge on any atom is 0.251 e. The zero-order valence-electron chi connectivity index (χ0n) is 14.6. The van der Waals surface area contributed by atoms with Crippen LogP contribution in [0.2, 0.25) is 0 Å². The number of nitrogens with one attached hydrogen (secondary N) is 2. The number of benzene rings is 2. The van der Waals surface area contributed by atoms with E-state index in [2.05, 4.69) is 10.6 Å². The Balaban J connectivity index is 1.49. The highest BCUT2D eigenvalue weighted by Crippen LogP contribution is 2.33. The van der Waals surface area contributed by atoms with E-state index in [-0.39, 0.29) is 23.5 Å². The SMILES string of the molecule is O=C(N[C@H]1CCNC1=O)c1ccc(-c2ccc(C(=O)C3CC3)cc2F)cc1. The van der Waals surface area contributed by atoms with Gasteiger partial charge in [0, 0.05) is 29.2 Å². The third-order valence-corrected chi connectivity index (χ3v) is 5.01.